The first-order valence-electron chi connectivity index (χ1n) is 4.49. The molecule has 0 saturated heterocycles. The molecule has 0 aliphatic heterocycles. The second-order valence-corrected chi connectivity index (χ2v) is 3.06. The Morgan fingerprint density at radius 3 is 0.682 bits per heavy atom. The van der Waals surface area contributed by atoms with Gasteiger partial charge in [0.15, 0.2) is 0 Å². The monoisotopic (exact) mass is 528 g/mol. The molecule has 0 fully saturated rings. The molecule has 14 heteroatoms. The van der Waals surface area contributed by atoms with Gasteiger partial charge in [-0.2, -0.15) is 0 Å². The third-order valence-corrected chi connectivity index (χ3v) is 1.56. The Kier molecular flexibility index (Phi) is 19.1. The summed E-state index contributed by atoms with van der Waals surface area (Å²) in [4.78, 5) is 38.5. The third-order valence-electron chi connectivity index (χ3n) is 1.56. The molecule has 118 valence electrons. The molecule has 12 nitrogen and oxygen atoms in total. The van der Waals surface area contributed by atoms with Gasteiger partial charge in [-0.25, -0.2) is 0 Å². The summed E-state index contributed by atoms with van der Waals surface area (Å²) in [6, 6.07) is 0. The van der Waals surface area contributed by atoms with Crippen LogP contribution in [-0.2, 0) is 19.2 Å². The van der Waals surface area contributed by atoms with Crippen molar-refractivity contribution in [2.45, 2.75) is 24.4 Å². The van der Waals surface area contributed by atoms with Crippen LogP contribution in [0.3, 0.4) is 0 Å². The molecular weight excluding hydrogens is 520 g/mol. The molecule has 0 aromatic carbocycles. The van der Waals surface area contributed by atoms with Gasteiger partial charge < -0.3 is 60.0 Å². The fourth-order valence-electron chi connectivity index (χ4n) is 0.516. The topological polar surface area (TPSA) is 241 Å². The van der Waals surface area contributed by atoms with E-state index in [1.54, 1.807) is 0 Å². The second-order valence-electron chi connectivity index (χ2n) is 3.06. The number of carboxylic acids is 4. The molecule has 0 saturated carbocycles. The summed E-state index contributed by atoms with van der Waals surface area (Å²) in [5.41, 5.74) is 0. The molecular formula is C8H8BiNaO12. The van der Waals surface area contributed by atoms with Crippen LogP contribution < -0.4 is 50.0 Å². The Hall–Kier alpha value is -0.397. The van der Waals surface area contributed by atoms with Gasteiger partial charge in [-0.15, -0.1) is 0 Å². The fraction of sp³-hybridized carbons (Fsp3) is 0.500. The largest absolute Gasteiger partial charge is 3.00 e. The van der Waals surface area contributed by atoms with E-state index >= 15 is 0 Å². The predicted octanol–water partition coefficient (Wildman–Crippen LogP) is -13.0. The van der Waals surface area contributed by atoms with Crippen LogP contribution in [0.1, 0.15) is 0 Å². The number of carboxylic acid groups (broad SMARTS) is 4. The average molecular weight is 528 g/mol. The number of rotatable bonds is 6. The van der Waals surface area contributed by atoms with Crippen LogP contribution in [0.25, 0.3) is 0 Å². The van der Waals surface area contributed by atoms with Crippen molar-refractivity contribution < 1.29 is 89.6 Å². The number of carbonyl (C=O) groups is 4. The Morgan fingerprint density at radius 1 is 0.545 bits per heavy atom. The Morgan fingerprint density at radius 2 is 0.636 bits per heavy atom. The van der Waals surface area contributed by atoms with Crippen molar-refractivity contribution in [3.05, 3.63) is 0 Å². The van der Waals surface area contributed by atoms with Crippen LogP contribution in [-0.4, -0.2) is 94.9 Å². The molecule has 0 aliphatic carbocycles. The normalized spacial score (nSPS) is 14.4. The standard InChI is InChI=1S/2C4H6O6.Bi.Na/c2*5-1(3(7)8)2(6)4(9)10;;/h2*1-2,5-6H,(H,7,8)(H,9,10);;/q;;+3;+1/p-4. The van der Waals surface area contributed by atoms with Gasteiger partial charge in [0.05, 0.1) is 23.9 Å². The average Bonchev–Trinajstić information content (AvgIpc) is 2.35. The zero-order valence-corrected chi connectivity index (χ0v) is 16.3. The summed E-state index contributed by atoms with van der Waals surface area (Å²) in [5.74, 6) is -8.23. The van der Waals surface area contributed by atoms with E-state index in [-0.39, 0.29) is 55.8 Å². The van der Waals surface area contributed by atoms with Crippen LogP contribution in [0.5, 0.6) is 0 Å². The summed E-state index contributed by atoms with van der Waals surface area (Å²) in [6.45, 7) is 0. The molecule has 0 amide bonds. The first-order valence-corrected chi connectivity index (χ1v) is 4.49. The summed E-state index contributed by atoms with van der Waals surface area (Å²) in [6.07, 6.45) is -9.76. The van der Waals surface area contributed by atoms with E-state index in [1.165, 1.54) is 0 Å². The van der Waals surface area contributed by atoms with Crippen LogP contribution >= 0.6 is 0 Å². The maximum absolute atomic E-state index is 9.63. The molecule has 2 radical (unpaired) electrons. The van der Waals surface area contributed by atoms with Crippen LogP contribution in [0.15, 0.2) is 0 Å². The third kappa shape index (κ3) is 12.2. The van der Waals surface area contributed by atoms with Crippen molar-refractivity contribution in [1.29, 1.82) is 0 Å². The van der Waals surface area contributed by atoms with Gasteiger partial charge >= 0.3 is 55.8 Å². The zero-order valence-electron chi connectivity index (χ0n) is 10.8. The second kappa shape index (κ2) is 14.2. The molecule has 0 heterocycles. The van der Waals surface area contributed by atoms with Crippen LogP contribution in [0, 0.1) is 0 Å². The molecule has 0 rings (SSSR count). The number of hydrogen-bond donors (Lipinski definition) is 4. The van der Waals surface area contributed by atoms with E-state index in [9.17, 15) is 39.6 Å². The van der Waals surface area contributed by atoms with Gasteiger partial charge in [0.2, 0.25) is 0 Å². The van der Waals surface area contributed by atoms with Crippen molar-refractivity contribution in [2.24, 2.45) is 0 Å². The van der Waals surface area contributed by atoms with Crippen molar-refractivity contribution in [3.63, 3.8) is 0 Å². The van der Waals surface area contributed by atoms with Crippen molar-refractivity contribution >= 4 is 50.1 Å². The first kappa shape index (κ1) is 29.6. The number of aliphatic carboxylic acids is 4. The minimum absolute atomic E-state index is 0. The predicted molar refractivity (Wildman–Crippen MR) is 49.8 cm³/mol. The van der Waals surface area contributed by atoms with Gasteiger partial charge in [-0.05, 0) is 0 Å². The van der Waals surface area contributed by atoms with Gasteiger partial charge in [0.1, 0.15) is 24.4 Å². The molecule has 4 unspecified atom stereocenters. The molecule has 4 N–H and O–H groups in total. The molecule has 0 aromatic rings. The fourth-order valence-corrected chi connectivity index (χ4v) is 0.516. The molecule has 0 spiro atoms. The van der Waals surface area contributed by atoms with Crippen LogP contribution in [0.2, 0.25) is 0 Å². The van der Waals surface area contributed by atoms with Crippen LogP contribution in [0.4, 0.5) is 0 Å². The minimum Gasteiger partial charge on any atom is -0.547 e. The maximum Gasteiger partial charge on any atom is 3.00 e. The summed E-state index contributed by atoms with van der Waals surface area (Å²) >= 11 is 0. The molecule has 4 atom stereocenters. The first-order chi connectivity index (χ1) is 8.93. The molecule has 0 aliphatic rings. The van der Waals surface area contributed by atoms with E-state index in [4.69, 9.17) is 20.4 Å². The van der Waals surface area contributed by atoms with E-state index in [0.717, 1.165) is 0 Å². The van der Waals surface area contributed by atoms with E-state index in [0.29, 0.717) is 0 Å². The van der Waals surface area contributed by atoms with E-state index < -0.39 is 48.3 Å². The molecule has 0 bridgehead atoms. The number of aliphatic hydroxyl groups excluding tert-OH is 4. The number of carbonyl (C=O) groups excluding carboxylic acids is 4. The summed E-state index contributed by atoms with van der Waals surface area (Å²) in [7, 11) is 0. The Bertz CT molecular complexity index is 315. The maximum atomic E-state index is 9.63. The van der Waals surface area contributed by atoms with Crippen molar-refractivity contribution in [2.75, 3.05) is 0 Å². The summed E-state index contributed by atoms with van der Waals surface area (Å²) in [5, 5.41) is 71.5. The zero-order chi connectivity index (χ0) is 16.6. The number of aliphatic hydroxyl groups is 4. The van der Waals surface area contributed by atoms with E-state index in [1.807, 2.05) is 0 Å². The van der Waals surface area contributed by atoms with Gasteiger partial charge in [-0.3, -0.25) is 0 Å². The molecule has 0 aromatic heterocycles. The minimum atomic E-state index is -2.44. The smallest absolute Gasteiger partial charge is 0.547 e. The van der Waals surface area contributed by atoms with Crippen molar-refractivity contribution in [1.82, 2.24) is 0 Å². The Balaban J connectivity index is -0.000000135. The van der Waals surface area contributed by atoms with Gasteiger partial charge in [-0.1, -0.05) is 0 Å². The van der Waals surface area contributed by atoms with Gasteiger partial charge in [0.25, 0.3) is 0 Å². The number of hydrogen-bond acceptors (Lipinski definition) is 12. The SMILES string of the molecule is O=C([O-])C(O)C(O)C(=O)[O-].O=C([O-])C(O)C(O)C(=O)[O-].[Bi+3].[Na+]. The van der Waals surface area contributed by atoms with Gasteiger partial charge in [0, 0.05) is 0 Å². The van der Waals surface area contributed by atoms with Crippen molar-refractivity contribution in [3.8, 4) is 0 Å². The Labute approximate surface area is 163 Å². The van der Waals surface area contributed by atoms with E-state index in [2.05, 4.69) is 0 Å². The quantitative estimate of drug-likeness (QED) is 0.235. The molecule has 22 heavy (non-hydrogen) atoms. The summed E-state index contributed by atoms with van der Waals surface area (Å²) < 4.78 is 0.